The van der Waals surface area contributed by atoms with Crippen LogP contribution in [0.5, 0.6) is 0 Å². The topological polar surface area (TPSA) is 44.8 Å². The number of hydrogen-bond acceptors (Lipinski definition) is 4. The molecule has 0 bridgehead atoms. The zero-order valence-electron chi connectivity index (χ0n) is 11.3. The summed E-state index contributed by atoms with van der Waals surface area (Å²) >= 11 is 0. The van der Waals surface area contributed by atoms with E-state index in [0.717, 1.165) is 6.42 Å². The van der Waals surface area contributed by atoms with Crippen LogP contribution in [0.15, 0.2) is 0 Å². The second kappa shape index (κ2) is 3.69. The van der Waals surface area contributed by atoms with Gasteiger partial charge < -0.3 is 14.2 Å². The molecule has 2 fully saturated rings. The molecular weight excluding hydrogens is 220 g/mol. The highest BCUT2D eigenvalue weighted by Gasteiger charge is 2.62. The van der Waals surface area contributed by atoms with Gasteiger partial charge in [0.2, 0.25) is 0 Å². The highest BCUT2D eigenvalue weighted by Crippen LogP contribution is 2.56. The zero-order valence-corrected chi connectivity index (χ0v) is 11.3. The van der Waals surface area contributed by atoms with E-state index in [1.54, 1.807) is 0 Å². The van der Waals surface area contributed by atoms with Crippen molar-refractivity contribution in [3.05, 3.63) is 0 Å². The van der Waals surface area contributed by atoms with Crippen LogP contribution >= 0.6 is 0 Å². The molecule has 1 aliphatic heterocycles. The quantitative estimate of drug-likeness (QED) is 0.661. The van der Waals surface area contributed by atoms with Crippen LogP contribution in [0.2, 0.25) is 0 Å². The Kier molecular flexibility index (Phi) is 2.79. The maximum Gasteiger partial charge on any atom is 0.310 e. The van der Waals surface area contributed by atoms with Gasteiger partial charge in [0.1, 0.15) is 5.60 Å². The van der Waals surface area contributed by atoms with Crippen LogP contribution in [0.4, 0.5) is 0 Å². The van der Waals surface area contributed by atoms with E-state index in [0.29, 0.717) is 13.2 Å². The van der Waals surface area contributed by atoms with Gasteiger partial charge in [-0.05, 0) is 41.0 Å². The van der Waals surface area contributed by atoms with Gasteiger partial charge in [-0.15, -0.1) is 0 Å². The lowest BCUT2D eigenvalue weighted by Gasteiger charge is -2.35. The average molecular weight is 242 g/mol. The Morgan fingerprint density at radius 1 is 1.24 bits per heavy atom. The number of carbonyl (C=O) groups excluding carboxylic acids is 1. The zero-order chi connectivity index (χ0) is 12.9. The van der Waals surface area contributed by atoms with Crippen molar-refractivity contribution in [2.24, 2.45) is 11.3 Å². The summed E-state index contributed by atoms with van der Waals surface area (Å²) in [6.07, 6.45) is 0.817. The molecule has 1 unspecified atom stereocenters. The molecule has 1 saturated heterocycles. The minimum Gasteiger partial charge on any atom is -0.460 e. The summed E-state index contributed by atoms with van der Waals surface area (Å²) < 4.78 is 16.6. The molecule has 4 nitrogen and oxygen atoms in total. The molecule has 1 atom stereocenters. The van der Waals surface area contributed by atoms with Crippen LogP contribution in [0.1, 0.15) is 41.0 Å². The Labute approximate surface area is 103 Å². The standard InChI is InChI=1S/C13H22O4/c1-11(2,3)17-10(14)9-6-13(9)7-15-12(4,5)16-8-13/h9H,6-8H2,1-5H3. The smallest absolute Gasteiger partial charge is 0.310 e. The molecule has 0 radical (unpaired) electrons. The number of esters is 1. The Balaban J connectivity index is 1.90. The second-order valence-electron chi connectivity index (χ2n) is 6.63. The van der Waals surface area contributed by atoms with Crippen molar-refractivity contribution >= 4 is 5.97 Å². The summed E-state index contributed by atoms with van der Waals surface area (Å²) in [6.45, 7) is 10.6. The third kappa shape index (κ3) is 2.80. The summed E-state index contributed by atoms with van der Waals surface area (Å²) in [5.41, 5.74) is -0.547. The van der Waals surface area contributed by atoms with Gasteiger partial charge in [0.15, 0.2) is 5.79 Å². The predicted molar refractivity (Wildman–Crippen MR) is 62.4 cm³/mol. The molecule has 0 aromatic carbocycles. The van der Waals surface area contributed by atoms with Gasteiger partial charge in [-0.1, -0.05) is 0 Å². The van der Waals surface area contributed by atoms with E-state index in [1.807, 2.05) is 34.6 Å². The van der Waals surface area contributed by atoms with Crippen molar-refractivity contribution in [2.45, 2.75) is 52.4 Å². The molecule has 2 rings (SSSR count). The number of carbonyl (C=O) groups is 1. The van der Waals surface area contributed by atoms with Crippen LogP contribution in [0.25, 0.3) is 0 Å². The van der Waals surface area contributed by atoms with E-state index in [-0.39, 0.29) is 17.3 Å². The molecule has 0 amide bonds. The van der Waals surface area contributed by atoms with Gasteiger partial charge >= 0.3 is 5.97 Å². The molecule has 17 heavy (non-hydrogen) atoms. The number of ether oxygens (including phenoxy) is 3. The molecule has 0 aromatic rings. The fourth-order valence-electron chi connectivity index (χ4n) is 2.09. The van der Waals surface area contributed by atoms with Gasteiger partial charge in [-0.25, -0.2) is 0 Å². The molecule has 1 aliphatic carbocycles. The van der Waals surface area contributed by atoms with E-state index in [2.05, 4.69) is 0 Å². The monoisotopic (exact) mass is 242 g/mol. The third-order valence-corrected chi connectivity index (χ3v) is 3.30. The molecule has 1 spiro atoms. The Hall–Kier alpha value is -0.610. The molecule has 4 heteroatoms. The molecule has 98 valence electrons. The molecule has 0 N–H and O–H groups in total. The molecular formula is C13H22O4. The minimum absolute atomic E-state index is 0.0576. The van der Waals surface area contributed by atoms with Crippen molar-refractivity contribution in [1.29, 1.82) is 0 Å². The van der Waals surface area contributed by atoms with Crippen LogP contribution in [0.3, 0.4) is 0 Å². The summed E-state index contributed by atoms with van der Waals surface area (Å²) in [6, 6.07) is 0. The van der Waals surface area contributed by atoms with Gasteiger partial charge in [0, 0.05) is 5.41 Å². The highest BCUT2D eigenvalue weighted by molar-refractivity contribution is 5.77. The van der Waals surface area contributed by atoms with Crippen molar-refractivity contribution in [1.82, 2.24) is 0 Å². The van der Waals surface area contributed by atoms with Gasteiger partial charge in [-0.2, -0.15) is 0 Å². The second-order valence-corrected chi connectivity index (χ2v) is 6.63. The average Bonchev–Trinajstić information content (AvgIpc) is 2.84. The van der Waals surface area contributed by atoms with Gasteiger partial charge in [0.25, 0.3) is 0 Å². The first-order valence-corrected chi connectivity index (χ1v) is 6.14. The van der Waals surface area contributed by atoms with E-state index in [4.69, 9.17) is 14.2 Å². The third-order valence-electron chi connectivity index (χ3n) is 3.30. The van der Waals surface area contributed by atoms with E-state index in [1.165, 1.54) is 0 Å². The normalized spacial score (nSPS) is 30.1. The lowest BCUT2D eigenvalue weighted by molar-refractivity contribution is -0.270. The maximum atomic E-state index is 11.9. The molecule has 1 heterocycles. The fraction of sp³-hybridized carbons (Fsp3) is 0.923. The molecule has 0 aromatic heterocycles. The first-order chi connectivity index (χ1) is 7.64. The van der Waals surface area contributed by atoms with E-state index >= 15 is 0 Å². The molecule has 2 aliphatic rings. The highest BCUT2D eigenvalue weighted by atomic mass is 16.7. The van der Waals surface area contributed by atoms with Crippen molar-refractivity contribution < 1.29 is 19.0 Å². The number of rotatable bonds is 1. The minimum atomic E-state index is -0.522. The van der Waals surface area contributed by atoms with Crippen LogP contribution in [-0.2, 0) is 19.0 Å². The van der Waals surface area contributed by atoms with Gasteiger partial charge in [0.05, 0.1) is 19.1 Å². The Morgan fingerprint density at radius 3 is 2.24 bits per heavy atom. The first kappa shape index (κ1) is 12.8. The van der Waals surface area contributed by atoms with Crippen molar-refractivity contribution in [3.63, 3.8) is 0 Å². The SMILES string of the molecule is CC(C)(C)OC(=O)C1CC12COC(C)(C)OC2. The van der Waals surface area contributed by atoms with E-state index in [9.17, 15) is 4.79 Å². The van der Waals surface area contributed by atoms with Crippen molar-refractivity contribution in [3.8, 4) is 0 Å². The van der Waals surface area contributed by atoms with Gasteiger partial charge in [-0.3, -0.25) is 4.79 Å². The Bertz CT molecular complexity index is 317. The number of hydrogen-bond donors (Lipinski definition) is 0. The lowest BCUT2D eigenvalue weighted by atomic mass is 10.0. The fourth-order valence-corrected chi connectivity index (χ4v) is 2.09. The predicted octanol–water partition coefficient (Wildman–Crippen LogP) is 2.12. The summed E-state index contributed by atoms with van der Waals surface area (Å²) in [7, 11) is 0. The van der Waals surface area contributed by atoms with Crippen LogP contribution in [0, 0.1) is 11.3 Å². The maximum absolute atomic E-state index is 11.9. The molecule has 1 saturated carbocycles. The van der Waals surface area contributed by atoms with Crippen LogP contribution in [-0.4, -0.2) is 30.6 Å². The summed E-state index contributed by atoms with van der Waals surface area (Å²) in [4.78, 5) is 11.9. The van der Waals surface area contributed by atoms with Crippen molar-refractivity contribution in [2.75, 3.05) is 13.2 Å². The largest absolute Gasteiger partial charge is 0.460 e. The summed E-state index contributed by atoms with van der Waals surface area (Å²) in [5, 5.41) is 0. The Morgan fingerprint density at radius 2 is 1.76 bits per heavy atom. The lowest BCUT2D eigenvalue weighted by Crippen LogP contribution is -2.42. The van der Waals surface area contributed by atoms with Crippen LogP contribution < -0.4 is 0 Å². The first-order valence-electron chi connectivity index (χ1n) is 6.14. The van der Waals surface area contributed by atoms with E-state index < -0.39 is 11.4 Å². The summed E-state index contributed by atoms with van der Waals surface area (Å²) in [5.74, 6) is -0.700.